The number of benzene rings is 1. The number of fused-ring (bicyclic) bond motifs is 1. The Balaban J connectivity index is 1.75. The lowest BCUT2D eigenvalue weighted by Gasteiger charge is -2.22. The van der Waals surface area contributed by atoms with E-state index in [-0.39, 0.29) is 12.4 Å². The Morgan fingerprint density at radius 3 is 3.05 bits per heavy atom. The number of anilines is 1. The van der Waals surface area contributed by atoms with Gasteiger partial charge in [-0.15, -0.1) is 0 Å². The van der Waals surface area contributed by atoms with Crippen LogP contribution >= 0.6 is 0 Å². The Morgan fingerprint density at radius 1 is 1.32 bits per heavy atom. The summed E-state index contributed by atoms with van der Waals surface area (Å²) in [6, 6.07) is 4.74. The van der Waals surface area contributed by atoms with Crippen LogP contribution in [0.1, 0.15) is 12.1 Å². The number of hydrogen-bond acceptors (Lipinski definition) is 6. The second-order valence-corrected chi connectivity index (χ2v) is 5.39. The van der Waals surface area contributed by atoms with Gasteiger partial charge in [0.15, 0.2) is 0 Å². The molecule has 0 aliphatic carbocycles. The summed E-state index contributed by atoms with van der Waals surface area (Å²) in [5.41, 5.74) is -0.0917. The second-order valence-electron chi connectivity index (χ2n) is 5.39. The van der Waals surface area contributed by atoms with E-state index in [2.05, 4.69) is 25.4 Å². The molecule has 1 atom stereocenters. The van der Waals surface area contributed by atoms with Crippen molar-refractivity contribution in [2.24, 2.45) is 0 Å². The molecule has 8 heteroatoms. The van der Waals surface area contributed by atoms with Gasteiger partial charge in [-0.3, -0.25) is 0 Å². The first kappa shape index (κ1) is 13.1. The number of aromatic amines is 1. The van der Waals surface area contributed by atoms with Crippen LogP contribution in [-0.4, -0.2) is 43.6 Å². The van der Waals surface area contributed by atoms with Gasteiger partial charge in [0.2, 0.25) is 0 Å². The number of aromatic nitrogens is 5. The maximum Gasteiger partial charge on any atom is 0.142 e. The highest BCUT2D eigenvalue weighted by Crippen LogP contribution is 2.35. The Hall–Kier alpha value is -2.61. The Kier molecular flexibility index (Phi) is 2.80. The number of nitrogens with one attached hydrogen (secondary N) is 1. The van der Waals surface area contributed by atoms with E-state index in [1.807, 2.05) is 4.90 Å². The van der Waals surface area contributed by atoms with Crippen LogP contribution in [0.4, 0.5) is 10.2 Å². The van der Waals surface area contributed by atoms with E-state index >= 15 is 0 Å². The third kappa shape index (κ3) is 1.92. The third-order valence-electron chi connectivity index (χ3n) is 4.03. The molecule has 3 heterocycles. The summed E-state index contributed by atoms with van der Waals surface area (Å²) in [5.74, 6) is 0.118. The number of rotatable bonds is 2. The average Bonchev–Trinajstić information content (AvgIpc) is 3.17. The highest BCUT2D eigenvalue weighted by molar-refractivity contribution is 5.90. The summed E-state index contributed by atoms with van der Waals surface area (Å²) < 4.78 is 14.2. The summed E-state index contributed by atoms with van der Waals surface area (Å²) in [6.07, 6.45) is 3.38. The lowest BCUT2D eigenvalue weighted by atomic mass is 10.00. The van der Waals surface area contributed by atoms with E-state index in [1.165, 1.54) is 18.6 Å². The lowest BCUT2D eigenvalue weighted by Crippen LogP contribution is -2.31. The van der Waals surface area contributed by atoms with Gasteiger partial charge in [-0.05, 0) is 12.1 Å². The molecule has 0 spiro atoms. The molecule has 2 aromatic heterocycles. The molecule has 4 rings (SSSR count). The van der Waals surface area contributed by atoms with Crippen LogP contribution in [-0.2, 0) is 5.60 Å². The molecule has 7 nitrogen and oxygen atoms in total. The highest BCUT2D eigenvalue weighted by Gasteiger charge is 2.40. The number of hydrogen-bond donors (Lipinski definition) is 2. The van der Waals surface area contributed by atoms with Crippen LogP contribution in [0, 0.1) is 5.82 Å². The van der Waals surface area contributed by atoms with E-state index in [1.54, 1.807) is 12.1 Å². The summed E-state index contributed by atoms with van der Waals surface area (Å²) in [7, 11) is 0. The van der Waals surface area contributed by atoms with Crippen molar-refractivity contribution >= 4 is 16.7 Å². The molecule has 0 radical (unpaired) electrons. The van der Waals surface area contributed by atoms with Gasteiger partial charge in [-0.25, -0.2) is 14.4 Å². The van der Waals surface area contributed by atoms with E-state index in [0.29, 0.717) is 35.4 Å². The topological polar surface area (TPSA) is 90.8 Å². The smallest absolute Gasteiger partial charge is 0.142 e. The molecule has 3 aromatic rings. The minimum Gasteiger partial charge on any atom is -0.381 e. The fourth-order valence-electron chi connectivity index (χ4n) is 2.90. The van der Waals surface area contributed by atoms with Crippen molar-refractivity contribution in [3.05, 3.63) is 42.2 Å². The molecule has 112 valence electrons. The zero-order valence-corrected chi connectivity index (χ0v) is 11.6. The Bertz CT molecular complexity index is 818. The van der Waals surface area contributed by atoms with Crippen LogP contribution in [0.5, 0.6) is 0 Å². The van der Waals surface area contributed by atoms with Crippen molar-refractivity contribution in [2.75, 3.05) is 18.0 Å². The predicted octanol–water partition coefficient (Wildman–Crippen LogP) is 0.985. The number of aliphatic hydroxyl groups is 1. The fourth-order valence-corrected chi connectivity index (χ4v) is 2.90. The van der Waals surface area contributed by atoms with Crippen LogP contribution in [0.25, 0.3) is 10.9 Å². The molecule has 0 saturated carbocycles. The maximum absolute atomic E-state index is 14.2. The molecular weight excluding hydrogens is 287 g/mol. The third-order valence-corrected chi connectivity index (χ3v) is 4.03. The number of H-pyrrole nitrogens is 1. The van der Waals surface area contributed by atoms with Crippen molar-refractivity contribution in [1.29, 1.82) is 0 Å². The van der Waals surface area contributed by atoms with Crippen LogP contribution in [0.15, 0.2) is 30.7 Å². The minimum atomic E-state index is -1.12. The number of β-amino-alcohol motifs (C(OH)–C–C–N with tert-alkyl or cyclic N) is 1. The predicted molar refractivity (Wildman–Crippen MR) is 76.6 cm³/mol. The van der Waals surface area contributed by atoms with Gasteiger partial charge < -0.3 is 10.0 Å². The van der Waals surface area contributed by atoms with Crippen molar-refractivity contribution in [1.82, 2.24) is 25.4 Å². The molecule has 1 aliphatic rings. The van der Waals surface area contributed by atoms with Gasteiger partial charge in [0.05, 0.1) is 23.6 Å². The average molecular weight is 300 g/mol. The molecular formula is C14H13FN6O. The van der Waals surface area contributed by atoms with Crippen LogP contribution in [0.2, 0.25) is 0 Å². The van der Waals surface area contributed by atoms with Gasteiger partial charge >= 0.3 is 0 Å². The van der Waals surface area contributed by atoms with Crippen molar-refractivity contribution in [3.8, 4) is 0 Å². The summed E-state index contributed by atoms with van der Waals surface area (Å²) >= 11 is 0. The van der Waals surface area contributed by atoms with E-state index in [0.717, 1.165) is 0 Å². The van der Waals surface area contributed by atoms with Gasteiger partial charge in [0, 0.05) is 13.0 Å². The normalized spacial score (nSPS) is 21.6. The van der Waals surface area contributed by atoms with E-state index < -0.39 is 5.60 Å². The zero-order valence-electron chi connectivity index (χ0n) is 11.6. The van der Waals surface area contributed by atoms with Crippen LogP contribution < -0.4 is 4.90 Å². The first-order chi connectivity index (χ1) is 10.7. The Morgan fingerprint density at radius 2 is 2.23 bits per heavy atom. The fraction of sp³-hybridized carbons (Fsp3) is 0.286. The SMILES string of the molecule is OC1(c2cn[nH]n2)CCN(c2ncnc3cccc(F)c23)C1. The standard InChI is InChI=1S/C14H13FN6O/c15-9-2-1-3-10-12(9)13(17-8-16-10)21-5-4-14(22,7-21)11-6-18-20-19-11/h1-3,6,8,22H,4-5,7H2,(H,18,19,20). The van der Waals surface area contributed by atoms with Crippen molar-refractivity contribution in [3.63, 3.8) is 0 Å². The second kappa shape index (κ2) is 4.70. The maximum atomic E-state index is 14.2. The molecule has 1 saturated heterocycles. The van der Waals surface area contributed by atoms with E-state index in [4.69, 9.17) is 0 Å². The monoisotopic (exact) mass is 300 g/mol. The molecule has 0 amide bonds. The van der Waals surface area contributed by atoms with Crippen LogP contribution in [0.3, 0.4) is 0 Å². The quantitative estimate of drug-likeness (QED) is 0.733. The largest absolute Gasteiger partial charge is 0.381 e. The minimum absolute atomic E-state index is 0.278. The molecule has 1 aliphatic heterocycles. The van der Waals surface area contributed by atoms with Gasteiger partial charge in [0.1, 0.15) is 29.3 Å². The molecule has 1 aromatic carbocycles. The lowest BCUT2D eigenvalue weighted by molar-refractivity contribution is 0.0559. The summed E-state index contributed by atoms with van der Waals surface area (Å²) in [4.78, 5) is 10.2. The number of halogens is 1. The molecule has 1 unspecified atom stereocenters. The molecule has 1 fully saturated rings. The molecule has 2 N–H and O–H groups in total. The Labute approximate surface area is 124 Å². The summed E-state index contributed by atoms with van der Waals surface area (Å²) in [6.45, 7) is 0.823. The number of nitrogens with zero attached hydrogens (tertiary/aromatic N) is 5. The van der Waals surface area contributed by atoms with Crippen molar-refractivity contribution < 1.29 is 9.50 Å². The zero-order chi connectivity index (χ0) is 15.2. The highest BCUT2D eigenvalue weighted by atomic mass is 19.1. The van der Waals surface area contributed by atoms with Gasteiger partial charge in [-0.1, -0.05) is 6.07 Å². The van der Waals surface area contributed by atoms with E-state index in [9.17, 15) is 9.50 Å². The summed E-state index contributed by atoms with van der Waals surface area (Å²) in [5, 5.41) is 21.3. The van der Waals surface area contributed by atoms with Gasteiger partial charge in [0.25, 0.3) is 0 Å². The first-order valence-electron chi connectivity index (χ1n) is 6.90. The van der Waals surface area contributed by atoms with Crippen molar-refractivity contribution in [2.45, 2.75) is 12.0 Å². The first-order valence-corrected chi connectivity index (χ1v) is 6.90. The molecule has 0 bridgehead atoms. The van der Waals surface area contributed by atoms with Gasteiger partial charge in [-0.2, -0.15) is 15.4 Å². The molecule has 22 heavy (non-hydrogen) atoms.